The number of rotatable bonds is 4. The zero-order valence-electron chi connectivity index (χ0n) is 17.0. The van der Waals surface area contributed by atoms with Gasteiger partial charge in [-0.1, -0.05) is 29.8 Å². The predicted molar refractivity (Wildman–Crippen MR) is 114 cm³/mol. The second-order valence-electron chi connectivity index (χ2n) is 7.52. The lowest BCUT2D eigenvalue weighted by atomic mass is 10.2. The molecule has 8 heteroatoms. The molecule has 2 fully saturated rings. The van der Waals surface area contributed by atoms with Crippen molar-refractivity contribution in [1.29, 1.82) is 0 Å². The fraction of sp³-hybridized carbons (Fsp3) is 0.409. The standard InChI is InChI=1S/C22H25ClN4O3/c1-16-18(21(23)27(24-16)17-6-3-2-4-7-17)9-10-20(28)25-11-13-26(14-12-25)22(29)19-8-5-15-30-19/h2-4,6-7,9-10,19H,5,8,11-15H2,1H3. The van der Waals surface area contributed by atoms with E-state index >= 15 is 0 Å². The Balaban J connectivity index is 1.38. The van der Waals surface area contributed by atoms with Crippen LogP contribution in [0.4, 0.5) is 0 Å². The molecule has 2 aromatic rings. The molecule has 1 aromatic heterocycles. The molecule has 2 saturated heterocycles. The van der Waals surface area contributed by atoms with E-state index in [9.17, 15) is 9.59 Å². The molecule has 0 aliphatic carbocycles. The Morgan fingerprint density at radius 2 is 1.83 bits per heavy atom. The van der Waals surface area contributed by atoms with Gasteiger partial charge in [-0.2, -0.15) is 5.10 Å². The quantitative estimate of drug-likeness (QED) is 0.702. The van der Waals surface area contributed by atoms with Gasteiger partial charge in [0.2, 0.25) is 5.91 Å². The third kappa shape index (κ3) is 4.27. The Morgan fingerprint density at radius 1 is 1.13 bits per heavy atom. The van der Waals surface area contributed by atoms with Crippen LogP contribution >= 0.6 is 11.6 Å². The summed E-state index contributed by atoms with van der Waals surface area (Å²) in [4.78, 5) is 28.6. The van der Waals surface area contributed by atoms with Crippen LogP contribution in [-0.2, 0) is 14.3 Å². The van der Waals surface area contributed by atoms with E-state index in [0.717, 1.165) is 29.8 Å². The normalized spacial score (nSPS) is 19.6. The number of hydrogen-bond donors (Lipinski definition) is 0. The maximum atomic E-state index is 12.6. The minimum Gasteiger partial charge on any atom is -0.368 e. The lowest BCUT2D eigenvalue weighted by molar-refractivity contribution is -0.144. The van der Waals surface area contributed by atoms with E-state index in [2.05, 4.69) is 5.10 Å². The van der Waals surface area contributed by atoms with Gasteiger partial charge in [0.15, 0.2) is 0 Å². The van der Waals surface area contributed by atoms with Gasteiger partial charge in [-0.15, -0.1) is 0 Å². The molecule has 4 rings (SSSR count). The fourth-order valence-electron chi connectivity index (χ4n) is 3.82. The smallest absolute Gasteiger partial charge is 0.251 e. The molecule has 3 heterocycles. The van der Waals surface area contributed by atoms with Gasteiger partial charge in [-0.25, -0.2) is 4.68 Å². The van der Waals surface area contributed by atoms with Crippen molar-refractivity contribution >= 4 is 29.5 Å². The largest absolute Gasteiger partial charge is 0.368 e. The Labute approximate surface area is 180 Å². The predicted octanol–water partition coefficient (Wildman–Crippen LogP) is 2.70. The first-order chi connectivity index (χ1) is 14.5. The Kier molecular flexibility index (Phi) is 6.20. The summed E-state index contributed by atoms with van der Waals surface area (Å²) >= 11 is 6.52. The molecule has 158 valence electrons. The monoisotopic (exact) mass is 428 g/mol. The number of nitrogens with zero attached hydrogens (tertiary/aromatic N) is 4. The van der Waals surface area contributed by atoms with Crippen molar-refractivity contribution in [2.75, 3.05) is 32.8 Å². The summed E-state index contributed by atoms with van der Waals surface area (Å²) in [5.41, 5.74) is 2.34. The van der Waals surface area contributed by atoms with Crippen molar-refractivity contribution in [3.63, 3.8) is 0 Å². The number of halogens is 1. The third-order valence-electron chi connectivity index (χ3n) is 5.55. The van der Waals surface area contributed by atoms with Crippen molar-refractivity contribution in [1.82, 2.24) is 19.6 Å². The van der Waals surface area contributed by atoms with Crippen LogP contribution < -0.4 is 0 Å². The van der Waals surface area contributed by atoms with Gasteiger partial charge in [-0.3, -0.25) is 9.59 Å². The van der Waals surface area contributed by atoms with E-state index in [1.165, 1.54) is 6.08 Å². The van der Waals surface area contributed by atoms with Crippen LogP contribution in [0.5, 0.6) is 0 Å². The summed E-state index contributed by atoms with van der Waals surface area (Å²) in [5, 5.41) is 4.96. The van der Waals surface area contributed by atoms with Gasteiger partial charge in [-0.05, 0) is 38.0 Å². The minimum atomic E-state index is -0.307. The number of amides is 2. The van der Waals surface area contributed by atoms with Crippen LogP contribution in [0.3, 0.4) is 0 Å². The van der Waals surface area contributed by atoms with E-state index in [0.29, 0.717) is 37.9 Å². The molecule has 0 saturated carbocycles. The Bertz CT molecular complexity index is 943. The average molecular weight is 429 g/mol. The second kappa shape index (κ2) is 9.02. The van der Waals surface area contributed by atoms with E-state index < -0.39 is 0 Å². The molecule has 1 aromatic carbocycles. The van der Waals surface area contributed by atoms with Crippen LogP contribution in [0.15, 0.2) is 36.4 Å². The van der Waals surface area contributed by atoms with Gasteiger partial charge in [0, 0.05) is 44.4 Å². The van der Waals surface area contributed by atoms with Gasteiger partial charge in [0.05, 0.1) is 11.4 Å². The zero-order chi connectivity index (χ0) is 21.1. The van der Waals surface area contributed by atoms with Gasteiger partial charge >= 0.3 is 0 Å². The van der Waals surface area contributed by atoms with Crippen molar-refractivity contribution in [2.45, 2.75) is 25.9 Å². The number of aromatic nitrogens is 2. The summed E-state index contributed by atoms with van der Waals surface area (Å²) in [6.45, 7) is 4.61. The Morgan fingerprint density at radius 3 is 2.50 bits per heavy atom. The van der Waals surface area contributed by atoms with E-state index in [1.807, 2.05) is 37.3 Å². The van der Waals surface area contributed by atoms with Crippen LogP contribution in [0.25, 0.3) is 11.8 Å². The molecule has 0 spiro atoms. The zero-order valence-corrected chi connectivity index (χ0v) is 17.7. The number of hydrogen-bond acceptors (Lipinski definition) is 4. The lowest BCUT2D eigenvalue weighted by Gasteiger charge is -2.35. The summed E-state index contributed by atoms with van der Waals surface area (Å²) in [6, 6.07) is 9.62. The fourth-order valence-corrected chi connectivity index (χ4v) is 4.16. The first-order valence-electron chi connectivity index (χ1n) is 10.2. The van der Waals surface area contributed by atoms with Gasteiger partial charge in [0.1, 0.15) is 11.3 Å². The number of para-hydroxylation sites is 1. The van der Waals surface area contributed by atoms with E-state index in [-0.39, 0.29) is 17.9 Å². The number of aryl methyl sites for hydroxylation is 1. The molecule has 7 nitrogen and oxygen atoms in total. The van der Waals surface area contributed by atoms with Crippen LogP contribution in [0.2, 0.25) is 5.15 Å². The number of piperazine rings is 1. The van der Waals surface area contributed by atoms with Crippen molar-refractivity contribution < 1.29 is 14.3 Å². The third-order valence-corrected chi connectivity index (χ3v) is 5.91. The second-order valence-corrected chi connectivity index (χ2v) is 7.88. The molecule has 0 radical (unpaired) electrons. The molecule has 2 amide bonds. The van der Waals surface area contributed by atoms with Crippen LogP contribution in [0.1, 0.15) is 24.1 Å². The molecule has 0 N–H and O–H groups in total. The first-order valence-corrected chi connectivity index (χ1v) is 10.6. The van der Waals surface area contributed by atoms with Crippen molar-refractivity contribution in [3.8, 4) is 5.69 Å². The molecular weight excluding hydrogens is 404 g/mol. The number of carbonyl (C=O) groups excluding carboxylic acids is 2. The maximum absolute atomic E-state index is 12.6. The molecule has 2 aliphatic heterocycles. The maximum Gasteiger partial charge on any atom is 0.251 e. The highest BCUT2D eigenvalue weighted by Gasteiger charge is 2.31. The number of carbonyl (C=O) groups is 2. The van der Waals surface area contributed by atoms with Gasteiger partial charge in [0.25, 0.3) is 5.91 Å². The number of benzene rings is 1. The number of ether oxygens (including phenoxy) is 1. The van der Waals surface area contributed by atoms with E-state index in [4.69, 9.17) is 16.3 Å². The highest BCUT2D eigenvalue weighted by atomic mass is 35.5. The SMILES string of the molecule is Cc1nn(-c2ccccc2)c(Cl)c1C=CC(=O)N1CCN(C(=O)C2CCCO2)CC1. The van der Waals surface area contributed by atoms with Crippen LogP contribution in [0, 0.1) is 6.92 Å². The summed E-state index contributed by atoms with van der Waals surface area (Å²) in [6.07, 6.45) is 4.66. The molecular formula is C22H25ClN4O3. The lowest BCUT2D eigenvalue weighted by Crippen LogP contribution is -2.52. The minimum absolute atomic E-state index is 0.0471. The molecule has 2 aliphatic rings. The molecule has 30 heavy (non-hydrogen) atoms. The highest BCUT2D eigenvalue weighted by Crippen LogP contribution is 2.25. The van der Waals surface area contributed by atoms with Crippen molar-refractivity contribution in [3.05, 3.63) is 52.8 Å². The average Bonchev–Trinajstić information content (AvgIpc) is 3.41. The van der Waals surface area contributed by atoms with Crippen molar-refractivity contribution in [2.24, 2.45) is 0 Å². The topological polar surface area (TPSA) is 67.7 Å². The molecule has 0 bridgehead atoms. The highest BCUT2D eigenvalue weighted by molar-refractivity contribution is 6.31. The van der Waals surface area contributed by atoms with E-state index in [1.54, 1.807) is 20.6 Å². The van der Waals surface area contributed by atoms with Crippen LogP contribution in [-0.4, -0.2) is 70.3 Å². The Hall–Kier alpha value is -2.64. The van der Waals surface area contributed by atoms with Gasteiger partial charge < -0.3 is 14.5 Å². The first kappa shape index (κ1) is 20.6. The molecule has 1 unspecified atom stereocenters. The summed E-state index contributed by atoms with van der Waals surface area (Å²) in [5.74, 6) is -0.0481. The molecule has 1 atom stereocenters. The summed E-state index contributed by atoms with van der Waals surface area (Å²) < 4.78 is 7.15. The summed E-state index contributed by atoms with van der Waals surface area (Å²) in [7, 11) is 0.